The number of hydrogen-bond acceptors (Lipinski definition) is 4. The zero-order valence-corrected chi connectivity index (χ0v) is 10.3. The van der Waals surface area contributed by atoms with E-state index in [1.807, 2.05) is 30.9 Å². The molecule has 5 nitrogen and oxygen atoms in total. The molecule has 5 heteroatoms. The van der Waals surface area contributed by atoms with Gasteiger partial charge in [0.1, 0.15) is 12.2 Å². The molecule has 0 bridgehead atoms. The number of rotatable bonds is 3. The highest BCUT2D eigenvalue weighted by Crippen LogP contribution is 2.23. The molecule has 1 N–H and O–H groups in total. The van der Waals surface area contributed by atoms with E-state index in [-0.39, 0.29) is 0 Å². The Balaban J connectivity index is 1.78. The van der Waals surface area contributed by atoms with Crippen molar-refractivity contribution in [1.82, 2.24) is 25.1 Å². The van der Waals surface area contributed by atoms with Crippen molar-refractivity contribution in [3.05, 3.63) is 42.2 Å². The highest BCUT2D eigenvalue weighted by Gasteiger charge is 2.20. The quantitative estimate of drug-likeness (QED) is 0.879. The van der Waals surface area contributed by atoms with Gasteiger partial charge in [-0.25, -0.2) is 0 Å². The summed E-state index contributed by atoms with van der Waals surface area (Å²) in [6, 6.07) is 4.07. The van der Waals surface area contributed by atoms with Gasteiger partial charge in [0.15, 0.2) is 0 Å². The van der Waals surface area contributed by atoms with Gasteiger partial charge in [-0.15, -0.1) is 10.2 Å². The maximum Gasteiger partial charge on any atom is 0.136 e. The van der Waals surface area contributed by atoms with Crippen molar-refractivity contribution in [2.24, 2.45) is 0 Å². The second-order valence-corrected chi connectivity index (χ2v) is 4.70. The average molecular weight is 243 g/mol. The summed E-state index contributed by atoms with van der Waals surface area (Å²) in [7, 11) is 0. The smallest absolute Gasteiger partial charge is 0.136 e. The summed E-state index contributed by atoms with van der Waals surface area (Å²) in [5.74, 6) is 1.66. The van der Waals surface area contributed by atoms with Crippen LogP contribution in [-0.4, -0.2) is 32.8 Å². The third kappa shape index (κ3) is 2.41. The minimum absolute atomic E-state index is 0.538. The molecule has 1 fully saturated rings. The number of hydrogen-bond donors (Lipinski definition) is 1. The molecule has 18 heavy (non-hydrogen) atoms. The van der Waals surface area contributed by atoms with Crippen LogP contribution in [0, 0.1) is 0 Å². The Morgan fingerprint density at radius 3 is 2.78 bits per heavy atom. The van der Waals surface area contributed by atoms with E-state index in [0.29, 0.717) is 5.92 Å². The molecule has 0 aromatic carbocycles. The molecule has 0 unspecified atom stereocenters. The monoisotopic (exact) mass is 243 g/mol. The molecular weight excluding hydrogens is 226 g/mol. The first-order valence-electron chi connectivity index (χ1n) is 6.41. The second kappa shape index (κ2) is 5.27. The Morgan fingerprint density at radius 1 is 1.22 bits per heavy atom. The maximum atomic E-state index is 4.31. The molecule has 1 saturated heterocycles. The summed E-state index contributed by atoms with van der Waals surface area (Å²) in [4.78, 5) is 4.04. The van der Waals surface area contributed by atoms with Crippen LogP contribution >= 0.6 is 0 Å². The van der Waals surface area contributed by atoms with E-state index in [1.54, 1.807) is 0 Å². The van der Waals surface area contributed by atoms with Crippen molar-refractivity contribution in [3.63, 3.8) is 0 Å². The normalized spacial score (nSPS) is 16.9. The Bertz CT molecular complexity index is 487. The fourth-order valence-electron chi connectivity index (χ4n) is 2.47. The minimum atomic E-state index is 0.538. The molecule has 0 spiro atoms. The maximum absolute atomic E-state index is 4.31. The number of piperidine rings is 1. The minimum Gasteiger partial charge on any atom is -0.317 e. The van der Waals surface area contributed by atoms with Crippen molar-refractivity contribution in [3.8, 4) is 0 Å². The van der Waals surface area contributed by atoms with Gasteiger partial charge in [-0.2, -0.15) is 0 Å². The van der Waals surface area contributed by atoms with Crippen LogP contribution in [-0.2, 0) is 6.54 Å². The van der Waals surface area contributed by atoms with Crippen LogP contribution in [0.2, 0.25) is 0 Å². The van der Waals surface area contributed by atoms with E-state index in [2.05, 4.69) is 25.1 Å². The van der Waals surface area contributed by atoms with Crippen LogP contribution in [0.25, 0.3) is 0 Å². The SMILES string of the molecule is c1cc(Cn2cnnc2C2CCNCC2)ccn1. The van der Waals surface area contributed by atoms with Crippen LogP contribution < -0.4 is 5.32 Å². The van der Waals surface area contributed by atoms with Gasteiger partial charge in [-0.3, -0.25) is 4.98 Å². The first-order valence-corrected chi connectivity index (χ1v) is 6.41. The average Bonchev–Trinajstić information content (AvgIpc) is 2.89. The zero-order valence-electron chi connectivity index (χ0n) is 10.3. The number of aromatic nitrogens is 4. The molecule has 0 aliphatic carbocycles. The van der Waals surface area contributed by atoms with Crippen molar-refractivity contribution in [1.29, 1.82) is 0 Å². The van der Waals surface area contributed by atoms with Gasteiger partial charge >= 0.3 is 0 Å². The van der Waals surface area contributed by atoms with E-state index < -0.39 is 0 Å². The molecule has 2 aromatic heterocycles. The van der Waals surface area contributed by atoms with Crippen LogP contribution in [0.15, 0.2) is 30.9 Å². The highest BCUT2D eigenvalue weighted by atomic mass is 15.3. The molecular formula is C13H17N5. The van der Waals surface area contributed by atoms with E-state index in [9.17, 15) is 0 Å². The molecule has 0 atom stereocenters. The molecule has 0 amide bonds. The molecule has 3 heterocycles. The van der Waals surface area contributed by atoms with Crippen LogP contribution in [0.3, 0.4) is 0 Å². The lowest BCUT2D eigenvalue weighted by Gasteiger charge is -2.22. The topological polar surface area (TPSA) is 55.6 Å². The van der Waals surface area contributed by atoms with Gasteiger partial charge in [0.25, 0.3) is 0 Å². The molecule has 0 radical (unpaired) electrons. The summed E-state index contributed by atoms with van der Waals surface area (Å²) in [5.41, 5.74) is 1.24. The molecule has 3 rings (SSSR count). The van der Waals surface area contributed by atoms with Gasteiger partial charge < -0.3 is 9.88 Å². The summed E-state index contributed by atoms with van der Waals surface area (Å²) < 4.78 is 2.16. The summed E-state index contributed by atoms with van der Waals surface area (Å²) in [6.45, 7) is 2.98. The van der Waals surface area contributed by atoms with Gasteiger partial charge in [0.2, 0.25) is 0 Å². The number of nitrogens with one attached hydrogen (secondary N) is 1. The first-order chi connectivity index (χ1) is 8.93. The molecule has 2 aromatic rings. The van der Waals surface area contributed by atoms with Crippen LogP contribution in [0.1, 0.15) is 30.1 Å². The fraction of sp³-hybridized carbons (Fsp3) is 0.462. The summed E-state index contributed by atoms with van der Waals surface area (Å²) >= 11 is 0. The van der Waals surface area contributed by atoms with Crippen molar-refractivity contribution < 1.29 is 0 Å². The predicted molar refractivity (Wildman–Crippen MR) is 68.2 cm³/mol. The lowest BCUT2D eigenvalue weighted by molar-refractivity contribution is 0.433. The van der Waals surface area contributed by atoms with Crippen LogP contribution in [0.5, 0.6) is 0 Å². The molecule has 1 aliphatic heterocycles. The second-order valence-electron chi connectivity index (χ2n) is 4.70. The van der Waals surface area contributed by atoms with E-state index in [1.165, 1.54) is 5.56 Å². The van der Waals surface area contributed by atoms with Gasteiger partial charge in [0.05, 0.1) is 6.54 Å². The predicted octanol–water partition coefficient (Wildman–Crippen LogP) is 1.19. The standard InChI is InChI=1S/C13H17N5/c1-5-14-6-2-11(1)9-18-10-16-17-13(18)12-3-7-15-8-4-12/h1-2,5-6,10,12,15H,3-4,7-9H2. The molecule has 94 valence electrons. The number of pyridine rings is 1. The fourth-order valence-corrected chi connectivity index (χ4v) is 2.47. The van der Waals surface area contributed by atoms with E-state index in [4.69, 9.17) is 0 Å². The van der Waals surface area contributed by atoms with Crippen molar-refractivity contribution in [2.45, 2.75) is 25.3 Å². The molecule has 1 aliphatic rings. The number of nitrogens with zero attached hydrogens (tertiary/aromatic N) is 4. The van der Waals surface area contributed by atoms with Gasteiger partial charge in [-0.05, 0) is 43.6 Å². The Morgan fingerprint density at radius 2 is 2.00 bits per heavy atom. The van der Waals surface area contributed by atoms with Gasteiger partial charge in [-0.1, -0.05) is 0 Å². The third-order valence-electron chi connectivity index (χ3n) is 3.45. The van der Waals surface area contributed by atoms with E-state index in [0.717, 1.165) is 38.3 Å². The van der Waals surface area contributed by atoms with Crippen molar-refractivity contribution >= 4 is 0 Å². The Hall–Kier alpha value is -1.75. The Kier molecular flexibility index (Phi) is 3.32. The zero-order chi connectivity index (χ0) is 12.2. The lowest BCUT2D eigenvalue weighted by atomic mass is 9.97. The van der Waals surface area contributed by atoms with Gasteiger partial charge in [0, 0.05) is 18.3 Å². The van der Waals surface area contributed by atoms with Crippen molar-refractivity contribution in [2.75, 3.05) is 13.1 Å². The largest absolute Gasteiger partial charge is 0.317 e. The lowest BCUT2D eigenvalue weighted by Crippen LogP contribution is -2.28. The Labute approximate surface area is 106 Å². The molecule has 0 saturated carbocycles. The summed E-state index contributed by atoms with van der Waals surface area (Å²) in [5, 5.41) is 11.8. The van der Waals surface area contributed by atoms with Crippen LogP contribution in [0.4, 0.5) is 0 Å². The first kappa shape index (κ1) is 11.3. The van der Waals surface area contributed by atoms with E-state index >= 15 is 0 Å². The summed E-state index contributed by atoms with van der Waals surface area (Å²) in [6.07, 6.45) is 7.77. The highest BCUT2D eigenvalue weighted by molar-refractivity contribution is 5.12. The third-order valence-corrected chi connectivity index (χ3v) is 3.45.